The Morgan fingerprint density at radius 1 is 1.29 bits per heavy atom. The number of hydrogen-bond donors (Lipinski definition) is 1. The van der Waals surface area contributed by atoms with E-state index in [2.05, 4.69) is 52.6 Å². The zero-order chi connectivity index (χ0) is 12.3. The molecule has 90 valence electrons. The summed E-state index contributed by atoms with van der Waals surface area (Å²) in [6.07, 6.45) is 7.02. The largest absolute Gasteiger partial charge is 0.306 e. The highest BCUT2D eigenvalue weighted by Gasteiger charge is 2.25. The number of nitrogens with one attached hydrogen (secondary N) is 1. The van der Waals surface area contributed by atoms with Gasteiger partial charge in [-0.15, -0.1) is 13.2 Å². The quantitative estimate of drug-likeness (QED) is 0.822. The van der Waals surface area contributed by atoms with E-state index in [1.807, 2.05) is 12.2 Å². The fraction of sp³-hybridized carbons (Fsp3) is 0.333. The second kappa shape index (κ2) is 5.65. The van der Waals surface area contributed by atoms with Gasteiger partial charge < -0.3 is 5.32 Å². The van der Waals surface area contributed by atoms with Crippen molar-refractivity contribution in [3.05, 3.63) is 59.1 Å². The molecule has 1 aliphatic rings. The van der Waals surface area contributed by atoms with E-state index >= 15 is 0 Å². The molecule has 0 aliphatic carbocycles. The molecule has 1 aromatic rings. The third-order valence-electron chi connectivity index (χ3n) is 3.27. The van der Waals surface area contributed by atoms with Gasteiger partial charge in [-0.2, -0.15) is 0 Å². The van der Waals surface area contributed by atoms with Crippen LogP contribution < -0.4 is 5.32 Å². The Bertz CT molecular complexity index is 425. The molecule has 0 unspecified atom stereocenters. The molecular weight excluding hydrogens is 274 g/mol. The summed E-state index contributed by atoms with van der Waals surface area (Å²) in [5.74, 6) is 0. The normalized spacial score (nSPS) is 22.9. The molecule has 0 spiro atoms. The molecule has 1 heterocycles. The average molecular weight is 292 g/mol. The van der Waals surface area contributed by atoms with Gasteiger partial charge in [0.1, 0.15) is 0 Å². The number of rotatable bonds is 4. The minimum Gasteiger partial charge on any atom is -0.306 e. The maximum absolute atomic E-state index is 3.85. The van der Waals surface area contributed by atoms with Crippen molar-refractivity contribution in [1.29, 1.82) is 0 Å². The maximum Gasteiger partial charge on any atom is 0.0360 e. The molecule has 0 radical (unpaired) electrons. The van der Waals surface area contributed by atoms with Crippen LogP contribution in [0.4, 0.5) is 0 Å². The summed E-state index contributed by atoms with van der Waals surface area (Å²) in [6, 6.07) is 7.32. The lowest BCUT2D eigenvalue weighted by atomic mass is 9.87. The third-order valence-corrected chi connectivity index (χ3v) is 4.01. The van der Waals surface area contributed by atoms with E-state index in [1.54, 1.807) is 0 Å². The van der Waals surface area contributed by atoms with Crippen LogP contribution in [0.3, 0.4) is 0 Å². The van der Waals surface area contributed by atoms with Crippen LogP contribution in [0.25, 0.3) is 0 Å². The lowest BCUT2D eigenvalue weighted by molar-refractivity contribution is 0.405. The molecule has 1 aromatic carbocycles. The van der Waals surface area contributed by atoms with Crippen molar-refractivity contribution in [2.24, 2.45) is 0 Å². The molecule has 0 saturated carbocycles. The molecule has 0 saturated heterocycles. The predicted octanol–water partition coefficient (Wildman–Crippen LogP) is 4.16. The summed E-state index contributed by atoms with van der Waals surface area (Å²) in [7, 11) is 0. The van der Waals surface area contributed by atoms with Crippen LogP contribution in [0.15, 0.2) is 48.0 Å². The molecular formula is C15H18BrN. The highest BCUT2D eigenvalue weighted by atomic mass is 79.9. The first-order chi connectivity index (χ1) is 8.26. The summed E-state index contributed by atoms with van der Waals surface area (Å²) >= 11 is 3.66. The van der Waals surface area contributed by atoms with Gasteiger partial charge in [0.15, 0.2) is 0 Å². The van der Waals surface area contributed by atoms with E-state index in [0.717, 1.165) is 19.3 Å². The van der Waals surface area contributed by atoms with Crippen LogP contribution >= 0.6 is 15.9 Å². The van der Waals surface area contributed by atoms with Gasteiger partial charge >= 0.3 is 0 Å². The zero-order valence-corrected chi connectivity index (χ0v) is 11.5. The van der Waals surface area contributed by atoms with Crippen LogP contribution in [-0.4, -0.2) is 6.04 Å². The van der Waals surface area contributed by atoms with Crippen LogP contribution in [0.5, 0.6) is 0 Å². The van der Waals surface area contributed by atoms with Gasteiger partial charge in [-0.05, 0) is 36.5 Å². The molecule has 1 nitrogen and oxygen atoms in total. The predicted molar refractivity (Wildman–Crippen MR) is 77.1 cm³/mol. The fourth-order valence-electron chi connectivity index (χ4n) is 2.51. The van der Waals surface area contributed by atoms with E-state index in [9.17, 15) is 0 Å². The van der Waals surface area contributed by atoms with Crippen molar-refractivity contribution >= 4 is 15.9 Å². The summed E-state index contributed by atoms with van der Waals surface area (Å²) in [5.41, 5.74) is 2.84. The van der Waals surface area contributed by atoms with Gasteiger partial charge in [-0.25, -0.2) is 0 Å². The number of hydrogen-bond acceptors (Lipinski definition) is 1. The van der Waals surface area contributed by atoms with Gasteiger partial charge in [0.2, 0.25) is 0 Å². The lowest BCUT2D eigenvalue weighted by Crippen LogP contribution is -2.39. The third kappa shape index (κ3) is 2.70. The standard InChI is InChI=1S/C15H18BrN/c1-3-6-11-10-13-12(8-5-9-14(13)16)15(17-11)7-4-2/h3-5,8-9,11,15,17H,1-2,6-7,10H2/t11-,15+/m1/s1. The molecule has 0 aromatic heterocycles. The SMILES string of the molecule is C=CC[C@@H]1Cc2c(Br)cccc2[C@H](CC=C)N1. The molecule has 2 atom stereocenters. The van der Waals surface area contributed by atoms with Gasteiger partial charge in [-0.3, -0.25) is 0 Å². The maximum atomic E-state index is 3.85. The second-order valence-electron chi connectivity index (χ2n) is 4.48. The average Bonchev–Trinajstić information content (AvgIpc) is 2.31. The first-order valence-electron chi connectivity index (χ1n) is 6.01. The Hall–Kier alpha value is -0.860. The van der Waals surface area contributed by atoms with Gasteiger partial charge in [0, 0.05) is 16.6 Å². The summed E-state index contributed by atoms with van der Waals surface area (Å²) < 4.78 is 1.22. The van der Waals surface area contributed by atoms with E-state index in [0.29, 0.717) is 12.1 Å². The minimum absolute atomic E-state index is 0.388. The molecule has 2 rings (SSSR count). The Morgan fingerprint density at radius 3 is 2.76 bits per heavy atom. The molecule has 0 bridgehead atoms. The van der Waals surface area contributed by atoms with Crippen LogP contribution in [0.2, 0.25) is 0 Å². The van der Waals surface area contributed by atoms with Crippen molar-refractivity contribution < 1.29 is 0 Å². The Morgan fingerprint density at radius 2 is 2.06 bits per heavy atom. The van der Waals surface area contributed by atoms with Crippen molar-refractivity contribution in [2.45, 2.75) is 31.3 Å². The Labute approximate surface area is 112 Å². The zero-order valence-electron chi connectivity index (χ0n) is 9.95. The molecule has 2 heteroatoms. The van der Waals surface area contributed by atoms with Crippen molar-refractivity contribution in [3.63, 3.8) is 0 Å². The lowest BCUT2D eigenvalue weighted by Gasteiger charge is -2.33. The van der Waals surface area contributed by atoms with Crippen LogP contribution in [-0.2, 0) is 6.42 Å². The monoisotopic (exact) mass is 291 g/mol. The molecule has 0 amide bonds. The second-order valence-corrected chi connectivity index (χ2v) is 5.33. The summed E-state index contributed by atoms with van der Waals surface area (Å²) in [4.78, 5) is 0. The van der Waals surface area contributed by atoms with E-state index < -0.39 is 0 Å². The Kier molecular flexibility index (Phi) is 4.19. The van der Waals surface area contributed by atoms with Crippen LogP contribution in [0, 0.1) is 0 Å². The van der Waals surface area contributed by atoms with Gasteiger partial charge in [-0.1, -0.05) is 40.2 Å². The minimum atomic E-state index is 0.388. The van der Waals surface area contributed by atoms with E-state index in [-0.39, 0.29) is 0 Å². The highest BCUT2D eigenvalue weighted by molar-refractivity contribution is 9.10. The van der Waals surface area contributed by atoms with Crippen molar-refractivity contribution in [1.82, 2.24) is 5.32 Å². The number of benzene rings is 1. The summed E-state index contributed by atoms with van der Waals surface area (Å²) in [6.45, 7) is 7.68. The topological polar surface area (TPSA) is 12.0 Å². The first kappa shape index (κ1) is 12.6. The molecule has 17 heavy (non-hydrogen) atoms. The van der Waals surface area contributed by atoms with E-state index in [1.165, 1.54) is 15.6 Å². The molecule has 0 fully saturated rings. The number of halogens is 1. The van der Waals surface area contributed by atoms with Crippen LogP contribution in [0.1, 0.15) is 30.0 Å². The highest BCUT2D eigenvalue weighted by Crippen LogP contribution is 2.33. The smallest absolute Gasteiger partial charge is 0.0360 e. The van der Waals surface area contributed by atoms with Crippen molar-refractivity contribution in [2.75, 3.05) is 0 Å². The first-order valence-corrected chi connectivity index (χ1v) is 6.80. The fourth-order valence-corrected chi connectivity index (χ4v) is 3.05. The summed E-state index contributed by atoms with van der Waals surface area (Å²) in [5, 5.41) is 3.68. The molecule has 1 aliphatic heterocycles. The van der Waals surface area contributed by atoms with Crippen molar-refractivity contribution in [3.8, 4) is 0 Å². The van der Waals surface area contributed by atoms with E-state index in [4.69, 9.17) is 0 Å². The van der Waals surface area contributed by atoms with Gasteiger partial charge in [0.25, 0.3) is 0 Å². The number of fused-ring (bicyclic) bond motifs is 1. The van der Waals surface area contributed by atoms with Gasteiger partial charge in [0.05, 0.1) is 0 Å². The Balaban J connectivity index is 2.34. The molecule has 1 N–H and O–H groups in total.